The molecular weight excluding hydrogens is 554 g/mol. The molecule has 35 heavy (non-hydrogen) atoms. The van der Waals surface area contributed by atoms with Crippen LogP contribution in [0.2, 0.25) is 0 Å². The fourth-order valence-electron chi connectivity index (χ4n) is 3.16. The number of nitrogens with one attached hydrogen (secondary N) is 1. The van der Waals surface area contributed by atoms with E-state index in [1.807, 2.05) is 0 Å². The van der Waals surface area contributed by atoms with Gasteiger partial charge in [-0.25, -0.2) is 18.0 Å². The van der Waals surface area contributed by atoms with Crippen molar-refractivity contribution in [2.45, 2.75) is 6.18 Å². The number of methoxy groups -OCH3 is 1. The normalized spacial score (nSPS) is 14.0. The van der Waals surface area contributed by atoms with Gasteiger partial charge in [0.2, 0.25) is 0 Å². The van der Waals surface area contributed by atoms with E-state index in [1.165, 1.54) is 0 Å². The second-order valence-corrected chi connectivity index (χ2v) is 7.91. The van der Waals surface area contributed by atoms with Crippen LogP contribution in [-0.4, -0.2) is 48.7 Å². The Morgan fingerprint density at radius 1 is 1.14 bits per heavy atom. The second kappa shape index (κ2) is 10.2. The topological polar surface area (TPSA) is 88.1 Å². The first-order valence-corrected chi connectivity index (χ1v) is 10.4. The Labute approximate surface area is 202 Å². The molecule has 188 valence electrons. The van der Waals surface area contributed by atoms with Crippen molar-refractivity contribution in [3.8, 4) is 11.5 Å². The highest BCUT2D eigenvalue weighted by molar-refractivity contribution is 9.10. The summed E-state index contributed by atoms with van der Waals surface area (Å²) in [6.07, 6.45) is -5.02. The lowest BCUT2D eigenvalue weighted by Gasteiger charge is -2.18. The summed E-state index contributed by atoms with van der Waals surface area (Å²) in [6.45, 7) is -0.842. The molecule has 0 atom stereocenters. The monoisotopic (exact) mass is 568 g/mol. The van der Waals surface area contributed by atoms with Crippen molar-refractivity contribution in [1.29, 1.82) is 0 Å². The number of halogens is 7. The van der Waals surface area contributed by atoms with Crippen LogP contribution in [0, 0.1) is 17.5 Å². The number of amides is 1. The number of rotatable bonds is 7. The molecule has 0 saturated carbocycles. The van der Waals surface area contributed by atoms with E-state index < -0.39 is 64.9 Å². The van der Waals surface area contributed by atoms with Crippen LogP contribution in [0.4, 0.5) is 32.0 Å². The zero-order valence-electron chi connectivity index (χ0n) is 17.6. The highest BCUT2D eigenvalue weighted by Gasteiger charge is 2.36. The summed E-state index contributed by atoms with van der Waals surface area (Å²) in [6, 6.07) is 1.65. The number of carbonyl (C=O) groups is 2. The molecule has 0 spiro atoms. The predicted octanol–water partition coefficient (Wildman–Crippen LogP) is 4.35. The summed E-state index contributed by atoms with van der Waals surface area (Å²) in [5.74, 6) is -7.72. The lowest BCUT2D eigenvalue weighted by Crippen LogP contribution is -2.31. The minimum atomic E-state index is -5.02. The molecule has 2 N–H and O–H groups in total. The zero-order valence-corrected chi connectivity index (χ0v) is 19.2. The van der Waals surface area contributed by atoms with E-state index >= 15 is 0 Å². The van der Waals surface area contributed by atoms with Gasteiger partial charge in [0.1, 0.15) is 11.5 Å². The number of aliphatic hydroxyl groups is 1. The third-order valence-electron chi connectivity index (χ3n) is 4.75. The quantitative estimate of drug-likeness (QED) is 0.381. The summed E-state index contributed by atoms with van der Waals surface area (Å²) >= 11 is 2.94. The van der Waals surface area contributed by atoms with Crippen LogP contribution >= 0.6 is 15.9 Å². The van der Waals surface area contributed by atoms with Gasteiger partial charge in [-0.3, -0.25) is 4.79 Å². The fraction of sp³-hybridized carbons (Fsp3) is 0.238. The Bertz CT molecular complexity index is 1190. The number of β-amino-alcohol motifs (C(OH)–C–C–N with tert-alkyl or cyclic N) is 1. The number of esters is 1. The van der Waals surface area contributed by atoms with E-state index in [1.54, 1.807) is 0 Å². The number of anilines is 1. The maximum absolute atomic E-state index is 14.4. The van der Waals surface area contributed by atoms with Gasteiger partial charge >= 0.3 is 12.1 Å². The van der Waals surface area contributed by atoms with Crippen molar-refractivity contribution in [3.63, 3.8) is 0 Å². The average molecular weight is 569 g/mol. The molecule has 0 aliphatic carbocycles. The number of aliphatic hydroxyl groups excluding tert-OH is 1. The van der Waals surface area contributed by atoms with Gasteiger partial charge in [0.15, 0.2) is 23.1 Å². The largest absolute Gasteiger partial charge is 0.466 e. The van der Waals surface area contributed by atoms with E-state index in [-0.39, 0.29) is 41.0 Å². The van der Waals surface area contributed by atoms with Crippen LogP contribution in [0.1, 0.15) is 5.56 Å². The fourth-order valence-corrected chi connectivity index (χ4v) is 3.68. The van der Waals surface area contributed by atoms with Crippen LogP contribution in [-0.2, 0) is 20.5 Å². The maximum Gasteiger partial charge on any atom is 0.416 e. The SMILES string of the molecule is COC(=O)C1=C(Nc2cc(F)cc(Br)c2Oc2c(F)cc(C(F)(F)F)cc2F)C(=O)N(CCO)C1. The van der Waals surface area contributed by atoms with Crippen LogP contribution in [0.25, 0.3) is 0 Å². The predicted molar refractivity (Wildman–Crippen MR) is 112 cm³/mol. The number of hydrogen-bond donors (Lipinski definition) is 2. The van der Waals surface area contributed by atoms with Gasteiger partial charge in [-0.15, -0.1) is 0 Å². The summed E-state index contributed by atoms with van der Waals surface area (Å²) in [5, 5.41) is 11.6. The van der Waals surface area contributed by atoms with Crippen LogP contribution in [0.3, 0.4) is 0 Å². The van der Waals surface area contributed by atoms with Crippen molar-refractivity contribution in [2.75, 3.05) is 32.1 Å². The van der Waals surface area contributed by atoms with Crippen LogP contribution < -0.4 is 10.1 Å². The van der Waals surface area contributed by atoms with Gasteiger partial charge in [-0.2, -0.15) is 13.2 Å². The molecule has 14 heteroatoms. The number of carbonyl (C=O) groups excluding carboxylic acids is 2. The summed E-state index contributed by atoms with van der Waals surface area (Å²) < 4.78 is 90.9. The zero-order chi connectivity index (χ0) is 26.1. The molecule has 7 nitrogen and oxygen atoms in total. The summed E-state index contributed by atoms with van der Waals surface area (Å²) in [4.78, 5) is 26.0. The Morgan fingerprint density at radius 2 is 1.77 bits per heavy atom. The maximum atomic E-state index is 14.4. The van der Waals surface area contributed by atoms with Crippen LogP contribution in [0.5, 0.6) is 11.5 Å². The van der Waals surface area contributed by atoms with E-state index in [9.17, 15) is 35.9 Å². The Hall–Kier alpha value is -3.26. The molecule has 0 radical (unpaired) electrons. The smallest absolute Gasteiger partial charge is 0.416 e. The molecule has 2 aromatic carbocycles. The van der Waals surface area contributed by atoms with E-state index in [0.29, 0.717) is 0 Å². The van der Waals surface area contributed by atoms with E-state index in [0.717, 1.165) is 24.1 Å². The standard InChI is InChI=1S/C21H15BrF6N2O5/c1-34-20(33)11-8-30(2-3-31)19(32)16(11)29-15-7-10(23)6-12(22)17(15)35-18-13(24)4-9(5-14(18)25)21(26,27)28/h4-7,29,31H,2-3,8H2,1H3. The molecule has 2 aromatic rings. The molecule has 0 fully saturated rings. The Morgan fingerprint density at radius 3 is 2.31 bits per heavy atom. The minimum Gasteiger partial charge on any atom is -0.466 e. The summed E-state index contributed by atoms with van der Waals surface area (Å²) in [7, 11) is 1.05. The lowest BCUT2D eigenvalue weighted by molar-refractivity contribution is -0.138. The van der Waals surface area contributed by atoms with Crippen molar-refractivity contribution >= 4 is 33.5 Å². The lowest BCUT2D eigenvalue weighted by atomic mass is 10.2. The van der Waals surface area contributed by atoms with E-state index in [4.69, 9.17) is 9.84 Å². The second-order valence-electron chi connectivity index (χ2n) is 7.05. The first-order chi connectivity index (χ1) is 16.4. The molecule has 0 saturated heterocycles. The van der Waals surface area contributed by atoms with Gasteiger partial charge in [-0.05, 0) is 34.1 Å². The van der Waals surface area contributed by atoms with Crippen LogP contribution in [0.15, 0.2) is 40.0 Å². The third kappa shape index (κ3) is 5.53. The molecule has 0 unspecified atom stereocenters. The number of alkyl halides is 3. The molecule has 3 rings (SSSR count). The highest BCUT2D eigenvalue weighted by Crippen LogP contribution is 2.42. The number of nitrogens with zero attached hydrogens (tertiary/aromatic N) is 1. The van der Waals surface area contributed by atoms with Gasteiger partial charge in [0.05, 0.1) is 41.6 Å². The van der Waals surface area contributed by atoms with Crippen molar-refractivity contribution in [2.24, 2.45) is 0 Å². The molecule has 1 aliphatic heterocycles. The van der Waals surface area contributed by atoms with Gasteiger partial charge in [0, 0.05) is 12.6 Å². The molecular formula is C21H15BrF6N2O5. The summed E-state index contributed by atoms with van der Waals surface area (Å²) in [5.41, 5.74) is -2.57. The number of ether oxygens (including phenoxy) is 2. The molecule has 0 aromatic heterocycles. The van der Waals surface area contributed by atoms with E-state index in [2.05, 4.69) is 26.0 Å². The third-order valence-corrected chi connectivity index (χ3v) is 5.34. The Kier molecular flexibility index (Phi) is 7.65. The Balaban J connectivity index is 2.07. The van der Waals surface area contributed by atoms with Gasteiger partial charge in [-0.1, -0.05) is 0 Å². The van der Waals surface area contributed by atoms with Gasteiger partial charge in [0.25, 0.3) is 5.91 Å². The molecule has 1 aliphatic rings. The molecule has 1 amide bonds. The average Bonchev–Trinajstić information content (AvgIpc) is 3.06. The number of benzene rings is 2. The van der Waals surface area contributed by atoms with Crippen molar-refractivity contribution < 1.29 is 50.5 Å². The first-order valence-electron chi connectivity index (χ1n) is 9.59. The minimum absolute atomic E-state index is 0.0219. The molecule has 1 heterocycles. The first kappa shape index (κ1) is 26.3. The van der Waals surface area contributed by atoms with Crippen molar-refractivity contribution in [3.05, 3.63) is 63.0 Å². The molecule has 0 bridgehead atoms. The number of hydrogen-bond acceptors (Lipinski definition) is 6. The highest BCUT2D eigenvalue weighted by atomic mass is 79.9. The van der Waals surface area contributed by atoms with Gasteiger partial charge < -0.3 is 24.8 Å². The van der Waals surface area contributed by atoms with Crippen molar-refractivity contribution in [1.82, 2.24) is 4.90 Å².